The van der Waals surface area contributed by atoms with Gasteiger partial charge in [-0.15, -0.1) is 0 Å². The van der Waals surface area contributed by atoms with Gasteiger partial charge < -0.3 is 15.8 Å². The normalized spacial score (nSPS) is 11.9. The van der Waals surface area contributed by atoms with Crippen molar-refractivity contribution in [1.82, 2.24) is 5.32 Å². The van der Waals surface area contributed by atoms with Crippen molar-refractivity contribution in [3.05, 3.63) is 65.5 Å². The Morgan fingerprint density at radius 1 is 1.14 bits per heavy atom. The van der Waals surface area contributed by atoms with E-state index in [1.165, 1.54) is 12.1 Å². The standard InChI is InChI=1S/C17H19FN2O2/c1-12(17(19)21)20-10-13-2-4-14(5-3-13)11-22-16-8-6-15(18)7-9-16/h2-9,12,20H,10-11H2,1H3,(H2,19,21)/t12-/m1/s1. The molecule has 0 spiro atoms. The first-order valence-corrected chi connectivity index (χ1v) is 7.03. The Balaban J connectivity index is 1.83. The SMILES string of the molecule is C[C@@H](NCc1ccc(COc2ccc(F)cc2)cc1)C(N)=O. The molecule has 116 valence electrons. The van der Waals surface area contributed by atoms with Crippen molar-refractivity contribution in [3.63, 3.8) is 0 Å². The van der Waals surface area contributed by atoms with Crippen LogP contribution in [0.5, 0.6) is 5.75 Å². The third kappa shape index (κ3) is 4.86. The van der Waals surface area contributed by atoms with Crippen LogP contribution < -0.4 is 15.8 Å². The zero-order valence-electron chi connectivity index (χ0n) is 12.4. The Labute approximate surface area is 129 Å². The van der Waals surface area contributed by atoms with Gasteiger partial charge in [0, 0.05) is 6.54 Å². The number of benzene rings is 2. The first-order chi connectivity index (χ1) is 10.5. The van der Waals surface area contributed by atoms with Crippen molar-refractivity contribution in [2.45, 2.75) is 26.1 Å². The minimum absolute atomic E-state index is 0.283. The van der Waals surface area contributed by atoms with Gasteiger partial charge in [0.25, 0.3) is 0 Å². The van der Waals surface area contributed by atoms with E-state index in [0.717, 1.165) is 11.1 Å². The average Bonchev–Trinajstić information content (AvgIpc) is 2.53. The van der Waals surface area contributed by atoms with E-state index in [0.29, 0.717) is 18.9 Å². The first kappa shape index (κ1) is 16.0. The van der Waals surface area contributed by atoms with E-state index < -0.39 is 0 Å². The Morgan fingerprint density at radius 2 is 1.73 bits per heavy atom. The van der Waals surface area contributed by atoms with Crippen molar-refractivity contribution in [2.24, 2.45) is 5.73 Å². The average molecular weight is 302 g/mol. The Kier molecular flexibility index (Phi) is 5.49. The molecule has 0 saturated carbocycles. The molecule has 3 N–H and O–H groups in total. The molecule has 0 aliphatic heterocycles. The molecule has 0 saturated heterocycles. The number of carbonyl (C=O) groups is 1. The summed E-state index contributed by atoms with van der Waals surface area (Å²) < 4.78 is 18.4. The van der Waals surface area contributed by atoms with E-state index in [9.17, 15) is 9.18 Å². The highest BCUT2D eigenvalue weighted by Crippen LogP contribution is 2.14. The van der Waals surface area contributed by atoms with Gasteiger partial charge >= 0.3 is 0 Å². The lowest BCUT2D eigenvalue weighted by atomic mass is 10.1. The van der Waals surface area contributed by atoms with Gasteiger partial charge in [-0.2, -0.15) is 0 Å². The number of halogens is 1. The maximum Gasteiger partial charge on any atom is 0.234 e. The molecule has 0 bridgehead atoms. The highest BCUT2D eigenvalue weighted by atomic mass is 19.1. The molecular formula is C17H19FN2O2. The lowest BCUT2D eigenvalue weighted by molar-refractivity contribution is -0.119. The van der Waals surface area contributed by atoms with E-state index in [-0.39, 0.29) is 17.8 Å². The van der Waals surface area contributed by atoms with Gasteiger partial charge in [-0.3, -0.25) is 4.79 Å². The van der Waals surface area contributed by atoms with Crippen molar-refractivity contribution >= 4 is 5.91 Å². The smallest absolute Gasteiger partial charge is 0.234 e. The van der Waals surface area contributed by atoms with Crippen LogP contribution in [0.25, 0.3) is 0 Å². The van der Waals surface area contributed by atoms with Crippen molar-refractivity contribution < 1.29 is 13.9 Å². The van der Waals surface area contributed by atoms with E-state index in [1.54, 1.807) is 19.1 Å². The van der Waals surface area contributed by atoms with Crippen LogP contribution in [0.4, 0.5) is 4.39 Å². The van der Waals surface area contributed by atoms with Gasteiger partial charge in [-0.1, -0.05) is 24.3 Å². The predicted octanol–water partition coefficient (Wildman–Crippen LogP) is 2.37. The molecular weight excluding hydrogens is 283 g/mol. The van der Waals surface area contributed by atoms with E-state index in [2.05, 4.69) is 5.32 Å². The summed E-state index contributed by atoms with van der Waals surface area (Å²) in [6.07, 6.45) is 0. The summed E-state index contributed by atoms with van der Waals surface area (Å²) in [4.78, 5) is 10.9. The fraction of sp³-hybridized carbons (Fsp3) is 0.235. The lowest BCUT2D eigenvalue weighted by Gasteiger charge is -2.11. The predicted molar refractivity (Wildman–Crippen MR) is 82.7 cm³/mol. The molecule has 0 unspecified atom stereocenters. The fourth-order valence-electron chi connectivity index (χ4n) is 1.82. The molecule has 2 aromatic rings. The molecule has 5 heteroatoms. The molecule has 0 radical (unpaired) electrons. The monoisotopic (exact) mass is 302 g/mol. The minimum atomic E-state index is -0.371. The number of primary amides is 1. The highest BCUT2D eigenvalue weighted by molar-refractivity contribution is 5.79. The molecule has 0 heterocycles. The van der Waals surface area contributed by atoms with Gasteiger partial charge in [0.2, 0.25) is 5.91 Å². The topological polar surface area (TPSA) is 64.3 Å². The Morgan fingerprint density at radius 3 is 2.32 bits per heavy atom. The fourth-order valence-corrected chi connectivity index (χ4v) is 1.82. The zero-order chi connectivity index (χ0) is 15.9. The maximum absolute atomic E-state index is 12.8. The second-order valence-corrected chi connectivity index (χ2v) is 5.06. The van der Waals surface area contributed by atoms with Crippen molar-refractivity contribution in [3.8, 4) is 5.75 Å². The van der Waals surface area contributed by atoms with Crippen LogP contribution >= 0.6 is 0 Å². The van der Waals surface area contributed by atoms with Gasteiger partial charge in [-0.25, -0.2) is 4.39 Å². The zero-order valence-corrected chi connectivity index (χ0v) is 12.4. The van der Waals surface area contributed by atoms with Crippen LogP contribution in [0, 0.1) is 5.82 Å². The third-order valence-electron chi connectivity index (χ3n) is 3.28. The third-order valence-corrected chi connectivity index (χ3v) is 3.28. The summed E-state index contributed by atoms with van der Waals surface area (Å²) in [5.41, 5.74) is 7.25. The van der Waals surface area contributed by atoms with Gasteiger partial charge in [-0.05, 0) is 42.3 Å². The summed E-state index contributed by atoms with van der Waals surface area (Å²) in [7, 11) is 0. The van der Waals surface area contributed by atoms with Crippen molar-refractivity contribution in [2.75, 3.05) is 0 Å². The lowest BCUT2D eigenvalue weighted by Crippen LogP contribution is -2.38. The van der Waals surface area contributed by atoms with E-state index in [1.807, 2.05) is 24.3 Å². The quantitative estimate of drug-likeness (QED) is 0.825. The molecule has 0 aliphatic rings. The molecule has 22 heavy (non-hydrogen) atoms. The number of rotatable bonds is 7. The number of hydrogen-bond donors (Lipinski definition) is 2. The van der Waals surface area contributed by atoms with Gasteiger partial charge in [0.05, 0.1) is 6.04 Å². The Hall–Kier alpha value is -2.40. The number of nitrogens with two attached hydrogens (primary N) is 1. The number of amides is 1. The number of nitrogens with one attached hydrogen (secondary N) is 1. The number of hydrogen-bond acceptors (Lipinski definition) is 3. The summed E-state index contributed by atoms with van der Waals surface area (Å²) in [5.74, 6) is -0.0267. The summed E-state index contributed by atoms with van der Waals surface area (Å²) in [6, 6.07) is 13.4. The molecule has 0 aromatic heterocycles. The molecule has 1 atom stereocenters. The van der Waals surface area contributed by atoms with Crippen LogP contribution in [-0.2, 0) is 17.9 Å². The second kappa shape index (κ2) is 7.56. The first-order valence-electron chi connectivity index (χ1n) is 7.03. The number of carbonyl (C=O) groups excluding carboxylic acids is 1. The van der Waals surface area contributed by atoms with Crippen molar-refractivity contribution in [1.29, 1.82) is 0 Å². The van der Waals surface area contributed by atoms with Crippen LogP contribution in [-0.4, -0.2) is 11.9 Å². The molecule has 4 nitrogen and oxygen atoms in total. The van der Waals surface area contributed by atoms with Crippen LogP contribution in [0.3, 0.4) is 0 Å². The van der Waals surface area contributed by atoms with Gasteiger partial charge in [0.15, 0.2) is 0 Å². The maximum atomic E-state index is 12.8. The Bertz CT molecular complexity index is 612. The van der Waals surface area contributed by atoms with Gasteiger partial charge in [0.1, 0.15) is 18.2 Å². The molecule has 2 aromatic carbocycles. The summed E-state index contributed by atoms with van der Waals surface area (Å²) in [6.45, 7) is 2.72. The highest BCUT2D eigenvalue weighted by Gasteiger charge is 2.06. The largest absolute Gasteiger partial charge is 0.489 e. The van der Waals surface area contributed by atoms with Crippen LogP contribution in [0.15, 0.2) is 48.5 Å². The molecule has 2 rings (SSSR count). The molecule has 1 amide bonds. The summed E-state index contributed by atoms with van der Waals surface area (Å²) >= 11 is 0. The van der Waals surface area contributed by atoms with E-state index in [4.69, 9.17) is 10.5 Å². The van der Waals surface area contributed by atoms with Crippen LogP contribution in [0.2, 0.25) is 0 Å². The van der Waals surface area contributed by atoms with Crippen LogP contribution in [0.1, 0.15) is 18.1 Å². The van der Waals surface area contributed by atoms with E-state index >= 15 is 0 Å². The summed E-state index contributed by atoms with van der Waals surface area (Å²) in [5, 5.41) is 3.04. The second-order valence-electron chi connectivity index (χ2n) is 5.06. The minimum Gasteiger partial charge on any atom is -0.489 e. The molecule has 0 fully saturated rings. The number of ether oxygens (including phenoxy) is 1. The molecule has 0 aliphatic carbocycles.